The Kier molecular flexibility index (Phi) is 6.01. The predicted molar refractivity (Wildman–Crippen MR) is 137 cm³/mol. The highest BCUT2D eigenvalue weighted by Crippen LogP contribution is 2.40. The fourth-order valence-corrected chi connectivity index (χ4v) is 5.50. The Morgan fingerprint density at radius 3 is 2.63 bits per heavy atom. The van der Waals surface area contributed by atoms with Gasteiger partial charge in [0.15, 0.2) is 5.16 Å². The number of carbonyl (C=O) groups excluding carboxylic acids is 1. The van der Waals surface area contributed by atoms with E-state index in [9.17, 15) is 9.59 Å². The SMILES string of the molecule is CCOC(=O)CSc1nn(Cc2ccc(C)cc2)c2nc3c(c(=O)n12)C(C)(C)Cc1ccccc1-3. The number of hydrogen-bond acceptors (Lipinski definition) is 6. The number of aryl methyl sites for hydroxylation is 1. The lowest BCUT2D eigenvalue weighted by Crippen LogP contribution is -2.36. The third-order valence-corrected chi connectivity index (χ3v) is 7.26. The first-order chi connectivity index (χ1) is 16.8. The van der Waals surface area contributed by atoms with Crippen LogP contribution in [0.4, 0.5) is 0 Å². The van der Waals surface area contributed by atoms with Gasteiger partial charge in [-0.2, -0.15) is 0 Å². The summed E-state index contributed by atoms with van der Waals surface area (Å²) in [6.45, 7) is 8.75. The molecule has 1 aliphatic carbocycles. The maximum absolute atomic E-state index is 14.0. The molecular weight excluding hydrogens is 460 g/mol. The first-order valence-corrected chi connectivity index (χ1v) is 12.7. The number of esters is 1. The fraction of sp³-hybridized carbons (Fsp3) is 0.333. The molecule has 7 nitrogen and oxygen atoms in total. The molecule has 0 saturated heterocycles. The van der Waals surface area contributed by atoms with E-state index in [4.69, 9.17) is 14.8 Å². The number of hydrogen-bond donors (Lipinski definition) is 0. The summed E-state index contributed by atoms with van der Waals surface area (Å²) in [7, 11) is 0. The van der Waals surface area contributed by atoms with Crippen molar-refractivity contribution >= 4 is 23.5 Å². The van der Waals surface area contributed by atoms with E-state index in [1.165, 1.54) is 22.9 Å². The van der Waals surface area contributed by atoms with E-state index in [1.54, 1.807) is 16.0 Å². The van der Waals surface area contributed by atoms with E-state index in [0.717, 1.165) is 17.5 Å². The highest BCUT2D eigenvalue weighted by molar-refractivity contribution is 7.99. The molecule has 0 spiro atoms. The summed E-state index contributed by atoms with van der Waals surface area (Å²) in [6, 6.07) is 16.3. The Hall–Kier alpha value is -3.39. The van der Waals surface area contributed by atoms with Crippen molar-refractivity contribution in [1.82, 2.24) is 19.2 Å². The van der Waals surface area contributed by atoms with E-state index < -0.39 is 5.41 Å². The second kappa shape index (κ2) is 9.00. The molecular formula is C27H28N4O3S. The molecule has 1 aliphatic rings. The Balaban J connectivity index is 1.71. The van der Waals surface area contributed by atoms with Crippen molar-refractivity contribution in [3.63, 3.8) is 0 Å². The summed E-state index contributed by atoms with van der Waals surface area (Å²) >= 11 is 1.20. The molecule has 35 heavy (non-hydrogen) atoms. The molecule has 8 heteroatoms. The van der Waals surface area contributed by atoms with Crippen LogP contribution in [-0.4, -0.2) is 37.5 Å². The average Bonchev–Trinajstić information content (AvgIpc) is 3.16. The van der Waals surface area contributed by atoms with E-state index in [0.29, 0.717) is 35.3 Å². The topological polar surface area (TPSA) is 78.5 Å². The van der Waals surface area contributed by atoms with Crippen LogP contribution in [-0.2, 0) is 27.9 Å². The number of thioether (sulfide) groups is 1. The van der Waals surface area contributed by atoms with Crippen molar-refractivity contribution in [3.8, 4) is 11.3 Å². The largest absolute Gasteiger partial charge is 0.465 e. The lowest BCUT2D eigenvalue weighted by molar-refractivity contribution is -0.139. The summed E-state index contributed by atoms with van der Waals surface area (Å²) < 4.78 is 8.40. The minimum atomic E-state index is -0.392. The molecule has 0 unspecified atom stereocenters. The zero-order valence-corrected chi connectivity index (χ0v) is 21.2. The quantitative estimate of drug-likeness (QED) is 0.296. The first-order valence-electron chi connectivity index (χ1n) is 11.7. The van der Waals surface area contributed by atoms with E-state index in [1.807, 2.05) is 37.3 Å². The number of aromatic nitrogens is 4. The Bertz CT molecular complexity index is 1490. The molecule has 2 aromatic heterocycles. The van der Waals surface area contributed by atoms with E-state index >= 15 is 0 Å². The molecule has 0 N–H and O–H groups in total. The van der Waals surface area contributed by atoms with Gasteiger partial charge < -0.3 is 4.74 Å². The third kappa shape index (κ3) is 4.27. The number of carbonyl (C=O) groups is 1. The zero-order valence-electron chi connectivity index (χ0n) is 20.4. The first kappa shape index (κ1) is 23.4. The molecule has 0 atom stereocenters. The second-order valence-electron chi connectivity index (χ2n) is 9.51. The van der Waals surface area contributed by atoms with Gasteiger partial charge in [-0.3, -0.25) is 9.59 Å². The maximum Gasteiger partial charge on any atom is 0.316 e. The molecule has 2 heterocycles. The van der Waals surface area contributed by atoms with Crippen LogP contribution in [0.2, 0.25) is 0 Å². The van der Waals surface area contributed by atoms with Gasteiger partial charge in [0.2, 0.25) is 5.78 Å². The Labute approximate surface area is 208 Å². The van der Waals surface area contributed by atoms with Crippen LogP contribution in [0, 0.1) is 6.92 Å². The summed E-state index contributed by atoms with van der Waals surface area (Å²) in [4.78, 5) is 31.1. The molecule has 0 saturated carbocycles. The van der Waals surface area contributed by atoms with Crippen LogP contribution in [0.15, 0.2) is 58.5 Å². The molecule has 180 valence electrons. The van der Waals surface area contributed by atoms with Gasteiger partial charge in [-0.25, -0.2) is 14.1 Å². The zero-order chi connectivity index (χ0) is 24.7. The number of nitrogens with zero attached hydrogens (tertiary/aromatic N) is 4. The van der Waals surface area contributed by atoms with Gasteiger partial charge in [0.25, 0.3) is 5.56 Å². The van der Waals surface area contributed by atoms with Crippen LogP contribution in [0.3, 0.4) is 0 Å². The van der Waals surface area contributed by atoms with Crippen LogP contribution in [0.5, 0.6) is 0 Å². The summed E-state index contributed by atoms with van der Waals surface area (Å²) in [6.07, 6.45) is 0.752. The van der Waals surface area contributed by atoms with Gasteiger partial charge in [0, 0.05) is 11.0 Å². The number of fused-ring (bicyclic) bond motifs is 4. The smallest absolute Gasteiger partial charge is 0.316 e. The van der Waals surface area contributed by atoms with Crippen LogP contribution in [0.25, 0.3) is 17.0 Å². The lowest BCUT2D eigenvalue weighted by Gasteiger charge is -2.32. The van der Waals surface area contributed by atoms with Crippen molar-refractivity contribution in [2.24, 2.45) is 0 Å². The summed E-state index contributed by atoms with van der Waals surface area (Å²) in [5, 5.41) is 5.19. The van der Waals surface area contributed by atoms with E-state index in [2.05, 4.69) is 32.0 Å². The average molecular weight is 489 g/mol. The van der Waals surface area contributed by atoms with Crippen molar-refractivity contribution in [2.75, 3.05) is 12.4 Å². The van der Waals surface area contributed by atoms with Gasteiger partial charge in [0.1, 0.15) is 0 Å². The van der Waals surface area contributed by atoms with Gasteiger partial charge >= 0.3 is 5.97 Å². The van der Waals surface area contributed by atoms with Crippen molar-refractivity contribution in [1.29, 1.82) is 0 Å². The molecule has 0 fully saturated rings. The monoisotopic (exact) mass is 488 g/mol. The molecule has 0 amide bonds. The van der Waals surface area contributed by atoms with Gasteiger partial charge in [-0.15, -0.1) is 5.10 Å². The molecule has 0 bridgehead atoms. The normalized spacial score (nSPS) is 13.9. The van der Waals surface area contributed by atoms with Crippen LogP contribution < -0.4 is 5.56 Å². The molecule has 0 radical (unpaired) electrons. The Morgan fingerprint density at radius 2 is 1.89 bits per heavy atom. The minimum Gasteiger partial charge on any atom is -0.465 e. The van der Waals surface area contributed by atoms with Crippen molar-refractivity contribution in [2.45, 2.75) is 51.2 Å². The van der Waals surface area contributed by atoms with Gasteiger partial charge in [-0.05, 0) is 31.4 Å². The number of rotatable bonds is 6. The standard InChI is InChI=1S/C27H28N4O3S/c1-5-34-21(32)16-35-26-29-30(15-18-12-10-17(2)11-13-18)25-28-23-20-9-7-6-8-19(20)14-27(3,4)22(23)24(33)31(25)26/h6-13H,5,14-16H2,1-4H3. The predicted octanol–water partition coefficient (Wildman–Crippen LogP) is 4.40. The fourth-order valence-electron chi connectivity index (χ4n) is 4.72. The summed E-state index contributed by atoms with van der Waals surface area (Å²) in [5.41, 5.74) is 5.27. The number of ether oxygens (including phenoxy) is 1. The van der Waals surface area contributed by atoms with Gasteiger partial charge in [0.05, 0.1) is 30.2 Å². The molecule has 2 aromatic carbocycles. The van der Waals surface area contributed by atoms with Gasteiger partial charge in [-0.1, -0.05) is 79.7 Å². The molecule has 5 rings (SSSR count). The van der Waals surface area contributed by atoms with Crippen molar-refractivity contribution < 1.29 is 9.53 Å². The lowest BCUT2D eigenvalue weighted by atomic mass is 9.72. The second-order valence-corrected chi connectivity index (χ2v) is 10.5. The van der Waals surface area contributed by atoms with Crippen LogP contribution >= 0.6 is 11.8 Å². The Morgan fingerprint density at radius 1 is 1.14 bits per heavy atom. The highest BCUT2D eigenvalue weighted by atomic mass is 32.2. The molecule has 0 aliphatic heterocycles. The minimum absolute atomic E-state index is 0.0697. The van der Waals surface area contributed by atoms with Crippen LogP contribution in [0.1, 0.15) is 43.0 Å². The number of benzene rings is 2. The third-order valence-electron chi connectivity index (χ3n) is 6.35. The summed E-state index contributed by atoms with van der Waals surface area (Å²) in [5.74, 6) is 0.195. The van der Waals surface area contributed by atoms with E-state index in [-0.39, 0.29) is 17.3 Å². The highest BCUT2D eigenvalue weighted by Gasteiger charge is 2.36. The van der Waals surface area contributed by atoms with Crippen molar-refractivity contribution in [3.05, 3.63) is 81.1 Å². The maximum atomic E-state index is 14.0. The molecule has 4 aromatic rings.